The number of rotatable bonds is 1. The lowest BCUT2D eigenvalue weighted by atomic mass is 9.87. The van der Waals surface area contributed by atoms with Gasteiger partial charge in [0, 0.05) is 31.1 Å². The number of piperidine rings is 1. The average molecular weight is 298 g/mol. The van der Waals surface area contributed by atoms with Crippen molar-refractivity contribution in [3.05, 3.63) is 0 Å². The van der Waals surface area contributed by atoms with Crippen molar-refractivity contribution in [2.24, 2.45) is 0 Å². The molecule has 110 valence electrons. The first-order chi connectivity index (χ1) is 9.61. The molecular weight excluding hydrogens is 280 g/mol. The van der Waals surface area contributed by atoms with Crippen LogP contribution in [0.1, 0.15) is 12.8 Å². The molecule has 0 aromatic rings. The maximum Gasteiger partial charge on any atom is 0.322 e. The third-order valence-electron chi connectivity index (χ3n) is 4.16. The van der Waals surface area contributed by atoms with E-state index in [0.29, 0.717) is 25.9 Å². The van der Waals surface area contributed by atoms with Crippen LogP contribution in [0.5, 0.6) is 0 Å². The number of urea groups is 1. The molecule has 3 aliphatic heterocycles. The van der Waals surface area contributed by atoms with E-state index in [1.54, 1.807) is 16.7 Å². The summed E-state index contributed by atoms with van der Waals surface area (Å²) in [6.07, 6.45) is 0.965. The van der Waals surface area contributed by atoms with E-state index in [-0.39, 0.29) is 17.9 Å². The number of nitrogens with zero attached hydrogens (tertiary/aromatic N) is 1. The molecule has 0 aromatic heterocycles. The van der Waals surface area contributed by atoms with Gasteiger partial charge < -0.3 is 15.5 Å². The van der Waals surface area contributed by atoms with Gasteiger partial charge in [0.2, 0.25) is 5.91 Å². The Bertz CT molecular complexity index is 442. The van der Waals surface area contributed by atoms with E-state index >= 15 is 0 Å². The number of carbonyl (C=O) groups is 3. The second-order valence-electron chi connectivity index (χ2n) is 5.40. The molecule has 0 radical (unpaired) electrons. The van der Waals surface area contributed by atoms with Gasteiger partial charge in [-0.2, -0.15) is 11.8 Å². The largest absolute Gasteiger partial charge is 0.341 e. The molecule has 8 heteroatoms. The second-order valence-corrected chi connectivity index (χ2v) is 6.55. The van der Waals surface area contributed by atoms with Crippen molar-refractivity contribution in [2.45, 2.75) is 24.4 Å². The van der Waals surface area contributed by atoms with Gasteiger partial charge in [-0.25, -0.2) is 4.79 Å². The minimum absolute atomic E-state index is 0.108. The molecule has 0 saturated carbocycles. The highest BCUT2D eigenvalue weighted by Crippen LogP contribution is 2.26. The first-order valence-corrected chi connectivity index (χ1v) is 8.00. The van der Waals surface area contributed by atoms with Crippen LogP contribution in [0.3, 0.4) is 0 Å². The minimum atomic E-state index is -0.803. The number of hydrogen-bond acceptors (Lipinski definition) is 5. The van der Waals surface area contributed by atoms with E-state index < -0.39 is 11.6 Å². The zero-order chi connectivity index (χ0) is 14.2. The zero-order valence-corrected chi connectivity index (χ0v) is 11.9. The van der Waals surface area contributed by atoms with Gasteiger partial charge in [-0.3, -0.25) is 14.9 Å². The quantitative estimate of drug-likeness (QED) is 0.534. The normalized spacial score (nSPS) is 29.2. The molecule has 3 saturated heterocycles. The number of likely N-dealkylation sites (tertiary alicyclic amines) is 1. The monoisotopic (exact) mass is 298 g/mol. The van der Waals surface area contributed by atoms with Gasteiger partial charge in [-0.15, -0.1) is 0 Å². The number of carbonyl (C=O) groups excluding carboxylic acids is 3. The van der Waals surface area contributed by atoms with Crippen molar-refractivity contribution in [2.75, 3.05) is 31.1 Å². The Morgan fingerprint density at radius 2 is 2.05 bits per heavy atom. The summed E-state index contributed by atoms with van der Waals surface area (Å²) in [5.74, 6) is 1.69. The standard InChI is InChI=1S/C12H18N4O3S/c17-9(8-7-20-6-3-13-8)16-4-1-12(2-5-16)10(18)14-11(19)15-12/h8,13H,1-7H2,(H2,14,15,18,19). The molecule has 0 aliphatic carbocycles. The van der Waals surface area contributed by atoms with E-state index in [1.807, 2.05) is 0 Å². The fraction of sp³-hybridized carbons (Fsp3) is 0.750. The SMILES string of the molecule is O=C1NC(=O)C2(CCN(C(=O)C3CSCCN3)CC2)N1. The molecular formula is C12H18N4O3S. The van der Waals surface area contributed by atoms with E-state index in [1.165, 1.54) is 0 Å². The van der Waals surface area contributed by atoms with E-state index in [9.17, 15) is 14.4 Å². The molecule has 3 fully saturated rings. The predicted octanol–water partition coefficient (Wildman–Crippen LogP) is -1.11. The van der Waals surface area contributed by atoms with Crippen LogP contribution in [-0.2, 0) is 9.59 Å². The molecule has 20 heavy (non-hydrogen) atoms. The third-order valence-corrected chi connectivity index (χ3v) is 5.22. The molecule has 3 heterocycles. The highest BCUT2D eigenvalue weighted by Gasteiger charge is 2.48. The lowest BCUT2D eigenvalue weighted by Gasteiger charge is -2.38. The Balaban J connectivity index is 1.59. The van der Waals surface area contributed by atoms with Gasteiger partial charge in [0.1, 0.15) is 5.54 Å². The number of nitrogens with one attached hydrogen (secondary N) is 3. The van der Waals surface area contributed by atoms with E-state index in [2.05, 4.69) is 16.0 Å². The fourth-order valence-corrected chi connectivity index (χ4v) is 3.86. The molecule has 1 atom stereocenters. The molecule has 0 aromatic carbocycles. The van der Waals surface area contributed by atoms with Crippen molar-refractivity contribution in [1.82, 2.24) is 20.9 Å². The molecule has 4 amide bonds. The second kappa shape index (κ2) is 5.25. The first-order valence-electron chi connectivity index (χ1n) is 6.84. The number of amides is 4. The topological polar surface area (TPSA) is 90.5 Å². The van der Waals surface area contributed by atoms with Gasteiger partial charge in [0.25, 0.3) is 5.91 Å². The Hall–Kier alpha value is -1.28. The number of hydrogen-bond donors (Lipinski definition) is 3. The smallest absolute Gasteiger partial charge is 0.322 e. The highest BCUT2D eigenvalue weighted by atomic mass is 32.2. The molecule has 3 N–H and O–H groups in total. The molecule has 3 rings (SSSR count). The lowest BCUT2D eigenvalue weighted by molar-refractivity contribution is -0.137. The van der Waals surface area contributed by atoms with Crippen LogP contribution in [0.4, 0.5) is 4.79 Å². The van der Waals surface area contributed by atoms with Crippen LogP contribution < -0.4 is 16.0 Å². The highest BCUT2D eigenvalue weighted by molar-refractivity contribution is 7.99. The Morgan fingerprint density at radius 3 is 2.60 bits per heavy atom. The van der Waals surface area contributed by atoms with Crippen LogP contribution in [0.15, 0.2) is 0 Å². The third kappa shape index (κ3) is 2.37. The summed E-state index contributed by atoms with van der Waals surface area (Å²) in [4.78, 5) is 37.2. The van der Waals surface area contributed by atoms with Gasteiger partial charge in [-0.05, 0) is 12.8 Å². The average Bonchev–Trinajstić information content (AvgIpc) is 2.74. The van der Waals surface area contributed by atoms with Gasteiger partial charge in [0.05, 0.1) is 6.04 Å². The van der Waals surface area contributed by atoms with Gasteiger partial charge >= 0.3 is 6.03 Å². The maximum absolute atomic E-state index is 12.4. The Morgan fingerprint density at radius 1 is 1.30 bits per heavy atom. The maximum atomic E-state index is 12.4. The summed E-state index contributed by atoms with van der Waals surface area (Å²) >= 11 is 1.78. The van der Waals surface area contributed by atoms with Crippen molar-refractivity contribution in [3.63, 3.8) is 0 Å². The summed E-state index contributed by atoms with van der Waals surface area (Å²) in [5, 5.41) is 8.21. The van der Waals surface area contributed by atoms with Crippen LogP contribution in [0.2, 0.25) is 0 Å². The number of thioether (sulfide) groups is 1. The molecule has 1 unspecified atom stereocenters. The van der Waals surface area contributed by atoms with Crippen LogP contribution >= 0.6 is 11.8 Å². The zero-order valence-electron chi connectivity index (χ0n) is 11.1. The van der Waals surface area contributed by atoms with Crippen LogP contribution in [0, 0.1) is 0 Å². The lowest BCUT2D eigenvalue weighted by Crippen LogP contribution is -2.59. The van der Waals surface area contributed by atoms with Crippen LogP contribution in [0.25, 0.3) is 0 Å². The van der Waals surface area contributed by atoms with Crippen molar-refractivity contribution < 1.29 is 14.4 Å². The van der Waals surface area contributed by atoms with Crippen molar-refractivity contribution in [3.8, 4) is 0 Å². The van der Waals surface area contributed by atoms with E-state index in [4.69, 9.17) is 0 Å². The summed E-state index contributed by atoms with van der Waals surface area (Å²) in [7, 11) is 0. The summed E-state index contributed by atoms with van der Waals surface area (Å²) < 4.78 is 0. The van der Waals surface area contributed by atoms with E-state index in [0.717, 1.165) is 18.1 Å². The first kappa shape index (κ1) is 13.7. The summed E-state index contributed by atoms with van der Waals surface area (Å²) in [5.41, 5.74) is -0.803. The molecule has 0 bridgehead atoms. The molecule has 1 spiro atoms. The number of imide groups is 1. The summed E-state index contributed by atoms with van der Waals surface area (Å²) in [6, 6.07) is -0.546. The fourth-order valence-electron chi connectivity index (χ4n) is 2.93. The van der Waals surface area contributed by atoms with Crippen molar-refractivity contribution in [1.29, 1.82) is 0 Å². The van der Waals surface area contributed by atoms with Gasteiger partial charge in [0.15, 0.2) is 0 Å². The molecule has 3 aliphatic rings. The van der Waals surface area contributed by atoms with Gasteiger partial charge in [-0.1, -0.05) is 0 Å². The summed E-state index contributed by atoms with van der Waals surface area (Å²) in [6.45, 7) is 1.88. The molecule has 7 nitrogen and oxygen atoms in total. The predicted molar refractivity (Wildman–Crippen MR) is 74.3 cm³/mol. The van der Waals surface area contributed by atoms with Crippen LogP contribution in [-0.4, -0.2) is 65.5 Å². The minimum Gasteiger partial charge on any atom is -0.341 e. The Kier molecular flexibility index (Phi) is 3.59. The Labute approximate surface area is 121 Å². The van der Waals surface area contributed by atoms with Crippen molar-refractivity contribution >= 4 is 29.6 Å².